The van der Waals surface area contributed by atoms with Gasteiger partial charge in [-0.25, -0.2) is 4.79 Å². The van der Waals surface area contributed by atoms with Crippen molar-refractivity contribution in [3.05, 3.63) is 23.8 Å². The second kappa shape index (κ2) is 4.24. The highest BCUT2D eigenvalue weighted by atomic mass is 16.4. The molecule has 2 aliphatic heterocycles. The number of likely N-dealkylation sites (N-methyl/N-ethyl adjacent to an activating group) is 1. The van der Waals surface area contributed by atoms with E-state index < -0.39 is 5.97 Å². The van der Waals surface area contributed by atoms with Gasteiger partial charge in [0.25, 0.3) is 0 Å². The van der Waals surface area contributed by atoms with E-state index in [-0.39, 0.29) is 17.5 Å². The van der Waals surface area contributed by atoms with E-state index in [1.54, 1.807) is 23.1 Å². The molecule has 0 spiro atoms. The van der Waals surface area contributed by atoms with Crippen LogP contribution < -0.4 is 15.1 Å². The van der Waals surface area contributed by atoms with Crippen molar-refractivity contribution in [2.45, 2.75) is 6.04 Å². The van der Waals surface area contributed by atoms with Crippen molar-refractivity contribution in [3.8, 4) is 0 Å². The van der Waals surface area contributed by atoms with Crippen molar-refractivity contribution in [2.75, 3.05) is 36.5 Å². The first-order valence-corrected chi connectivity index (χ1v) is 6.19. The predicted molar refractivity (Wildman–Crippen MR) is 70.8 cm³/mol. The topological polar surface area (TPSA) is 72.9 Å². The van der Waals surface area contributed by atoms with Crippen LogP contribution in [0, 0.1) is 0 Å². The molecule has 1 atom stereocenters. The zero-order valence-corrected chi connectivity index (χ0v) is 10.6. The molecule has 1 saturated heterocycles. The summed E-state index contributed by atoms with van der Waals surface area (Å²) in [7, 11) is 1.92. The standard InChI is InChI=1S/C13H15N3O3/c1-15-7-9-5-14-6-12(17)16(9)10-3-2-8(13(18)19)4-11(10)15/h2-4,9,14H,5-7H2,1H3,(H,18,19). The number of anilines is 2. The third-order valence-corrected chi connectivity index (χ3v) is 3.67. The van der Waals surface area contributed by atoms with Crippen LogP contribution >= 0.6 is 0 Å². The van der Waals surface area contributed by atoms with Crippen LogP contribution in [0.5, 0.6) is 0 Å². The lowest BCUT2D eigenvalue weighted by atomic mass is 10.0. The van der Waals surface area contributed by atoms with Crippen molar-refractivity contribution >= 4 is 23.3 Å². The van der Waals surface area contributed by atoms with Crippen LogP contribution in [-0.4, -0.2) is 49.7 Å². The summed E-state index contributed by atoms with van der Waals surface area (Å²) in [4.78, 5) is 26.9. The number of benzene rings is 1. The summed E-state index contributed by atoms with van der Waals surface area (Å²) in [6.45, 7) is 1.80. The molecule has 100 valence electrons. The second-order valence-electron chi connectivity index (χ2n) is 4.94. The number of carboxylic acids is 1. The van der Waals surface area contributed by atoms with Gasteiger partial charge in [-0.2, -0.15) is 0 Å². The zero-order valence-electron chi connectivity index (χ0n) is 10.6. The maximum absolute atomic E-state index is 12.0. The molecular weight excluding hydrogens is 246 g/mol. The van der Waals surface area contributed by atoms with E-state index in [1.165, 1.54) is 0 Å². The number of carboxylic acid groups (broad SMARTS) is 1. The van der Waals surface area contributed by atoms with Crippen LogP contribution in [0.2, 0.25) is 0 Å². The van der Waals surface area contributed by atoms with Gasteiger partial charge in [0.15, 0.2) is 0 Å². The molecule has 3 rings (SSSR count). The van der Waals surface area contributed by atoms with Gasteiger partial charge in [0.05, 0.1) is 29.5 Å². The quantitative estimate of drug-likeness (QED) is 0.752. The van der Waals surface area contributed by atoms with Gasteiger partial charge < -0.3 is 20.2 Å². The monoisotopic (exact) mass is 261 g/mol. The normalized spacial score (nSPS) is 21.9. The second-order valence-corrected chi connectivity index (χ2v) is 4.94. The Balaban J connectivity index is 2.09. The van der Waals surface area contributed by atoms with Crippen LogP contribution in [0.4, 0.5) is 11.4 Å². The first-order valence-electron chi connectivity index (χ1n) is 6.19. The molecule has 1 amide bonds. The van der Waals surface area contributed by atoms with Crippen molar-refractivity contribution in [1.82, 2.24) is 5.32 Å². The molecule has 2 heterocycles. The van der Waals surface area contributed by atoms with Gasteiger partial charge in [-0.05, 0) is 18.2 Å². The molecule has 0 saturated carbocycles. The number of hydrogen-bond acceptors (Lipinski definition) is 4. The molecule has 6 heteroatoms. The fraction of sp³-hybridized carbons (Fsp3) is 0.385. The summed E-state index contributed by atoms with van der Waals surface area (Å²) in [5, 5.41) is 12.2. The SMILES string of the molecule is CN1CC2CNCC(=O)N2c2ccc(C(=O)O)cc21. The van der Waals surface area contributed by atoms with Crippen molar-refractivity contribution in [1.29, 1.82) is 0 Å². The minimum Gasteiger partial charge on any atom is -0.478 e. The Morgan fingerprint density at radius 3 is 2.95 bits per heavy atom. The first-order chi connectivity index (χ1) is 9.08. The highest BCUT2D eigenvalue weighted by Crippen LogP contribution is 2.36. The van der Waals surface area contributed by atoms with Crippen LogP contribution in [0.1, 0.15) is 10.4 Å². The molecule has 6 nitrogen and oxygen atoms in total. The molecule has 0 aliphatic carbocycles. The van der Waals surface area contributed by atoms with Gasteiger partial charge in [-0.1, -0.05) is 0 Å². The molecule has 1 aromatic rings. The maximum Gasteiger partial charge on any atom is 0.335 e. The number of fused-ring (bicyclic) bond motifs is 3. The lowest BCUT2D eigenvalue weighted by Gasteiger charge is -2.44. The third-order valence-electron chi connectivity index (χ3n) is 3.67. The van der Waals surface area contributed by atoms with Gasteiger partial charge in [0, 0.05) is 20.1 Å². The van der Waals surface area contributed by atoms with E-state index >= 15 is 0 Å². The van der Waals surface area contributed by atoms with Crippen LogP contribution in [0.25, 0.3) is 0 Å². The smallest absolute Gasteiger partial charge is 0.335 e. The number of carbonyl (C=O) groups is 2. The highest BCUT2D eigenvalue weighted by molar-refractivity contribution is 6.01. The molecule has 0 bridgehead atoms. The average molecular weight is 261 g/mol. The lowest BCUT2D eigenvalue weighted by Crippen LogP contribution is -2.61. The maximum atomic E-state index is 12.0. The molecule has 1 unspecified atom stereocenters. The Bertz CT molecular complexity index is 558. The van der Waals surface area contributed by atoms with Crippen molar-refractivity contribution in [2.24, 2.45) is 0 Å². The van der Waals surface area contributed by atoms with Crippen LogP contribution in [-0.2, 0) is 4.79 Å². The Morgan fingerprint density at radius 2 is 2.21 bits per heavy atom. The number of hydrogen-bond donors (Lipinski definition) is 2. The largest absolute Gasteiger partial charge is 0.478 e. The first kappa shape index (κ1) is 12.0. The lowest BCUT2D eigenvalue weighted by molar-refractivity contribution is -0.119. The number of carbonyl (C=O) groups excluding carboxylic acids is 1. The third kappa shape index (κ3) is 1.84. The summed E-state index contributed by atoms with van der Waals surface area (Å²) in [6.07, 6.45) is 0. The number of piperazine rings is 1. The molecule has 1 aromatic carbocycles. The fourth-order valence-corrected chi connectivity index (χ4v) is 2.78. The Morgan fingerprint density at radius 1 is 1.42 bits per heavy atom. The Hall–Kier alpha value is -2.08. The van der Waals surface area contributed by atoms with E-state index in [2.05, 4.69) is 5.32 Å². The number of nitrogens with zero attached hydrogens (tertiary/aromatic N) is 2. The van der Waals surface area contributed by atoms with E-state index in [0.29, 0.717) is 13.1 Å². The predicted octanol–water partition coefficient (Wildman–Crippen LogP) is 0.139. The molecule has 0 radical (unpaired) electrons. The van der Waals surface area contributed by atoms with Crippen molar-refractivity contribution < 1.29 is 14.7 Å². The van der Waals surface area contributed by atoms with E-state index in [0.717, 1.165) is 17.9 Å². The molecule has 0 aromatic heterocycles. The van der Waals surface area contributed by atoms with Gasteiger partial charge in [-0.3, -0.25) is 4.79 Å². The number of rotatable bonds is 1. The van der Waals surface area contributed by atoms with Crippen LogP contribution in [0.15, 0.2) is 18.2 Å². The minimum atomic E-state index is -0.954. The van der Waals surface area contributed by atoms with E-state index in [4.69, 9.17) is 5.11 Å². The van der Waals surface area contributed by atoms with Gasteiger partial charge >= 0.3 is 5.97 Å². The van der Waals surface area contributed by atoms with E-state index in [9.17, 15) is 9.59 Å². The highest BCUT2D eigenvalue weighted by Gasteiger charge is 2.35. The van der Waals surface area contributed by atoms with Gasteiger partial charge in [0.2, 0.25) is 5.91 Å². The average Bonchev–Trinajstić information content (AvgIpc) is 2.38. The number of amides is 1. The van der Waals surface area contributed by atoms with Crippen LogP contribution in [0.3, 0.4) is 0 Å². The zero-order chi connectivity index (χ0) is 13.6. The minimum absolute atomic E-state index is 0.0358. The molecule has 19 heavy (non-hydrogen) atoms. The summed E-state index contributed by atoms with van der Waals surface area (Å²) < 4.78 is 0. The van der Waals surface area contributed by atoms with Gasteiger partial charge in [0.1, 0.15) is 0 Å². The Labute approximate surface area is 110 Å². The summed E-state index contributed by atoms with van der Waals surface area (Å²) in [5.74, 6) is -0.918. The summed E-state index contributed by atoms with van der Waals surface area (Å²) >= 11 is 0. The molecular formula is C13H15N3O3. The van der Waals surface area contributed by atoms with Crippen molar-refractivity contribution in [3.63, 3.8) is 0 Å². The fourth-order valence-electron chi connectivity index (χ4n) is 2.78. The Kier molecular flexibility index (Phi) is 2.67. The number of aromatic carboxylic acids is 1. The van der Waals surface area contributed by atoms with E-state index in [1.807, 2.05) is 11.9 Å². The van der Waals surface area contributed by atoms with Gasteiger partial charge in [-0.15, -0.1) is 0 Å². The summed E-state index contributed by atoms with van der Waals surface area (Å²) in [6, 6.07) is 5.01. The number of nitrogens with one attached hydrogen (secondary N) is 1. The molecule has 2 N–H and O–H groups in total. The molecule has 1 fully saturated rings. The molecule has 2 aliphatic rings. The summed E-state index contributed by atoms with van der Waals surface area (Å²) in [5.41, 5.74) is 1.84.